The second-order valence-corrected chi connectivity index (χ2v) is 8.06. The quantitative estimate of drug-likeness (QED) is 0.469. The lowest BCUT2D eigenvalue weighted by molar-refractivity contribution is -0.122. The normalized spacial score (nSPS) is 15.4. The van der Waals surface area contributed by atoms with Crippen LogP contribution in [0.25, 0.3) is 5.82 Å². The van der Waals surface area contributed by atoms with Crippen LogP contribution in [0.15, 0.2) is 85.2 Å². The fraction of sp³-hybridized carbons (Fsp3) is 0.154. The highest BCUT2D eigenvalue weighted by Crippen LogP contribution is 2.27. The Morgan fingerprint density at radius 2 is 1.74 bits per heavy atom. The predicted octanol–water partition coefficient (Wildman–Crippen LogP) is 4.36. The van der Waals surface area contributed by atoms with Crippen molar-refractivity contribution in [1.82, 2.24) is 14.5 Å². The Balaban J connectivity index is 1.22. The van der Waals surface area contributed by atoms with E-state index in [1.807, 2.05) is 66.3 Å². The number of nitrogens with zero attached hydrogens (tertiary/aromatic N) is 4. The molecule has 0 saturated carbocycles. The number of carbonyl (C=O) groups is 2. The van der Waals surface area contributed by atoms with Crippen LogP contribution in [-0.4, -0.2) is 32.9 Å². The van der Waals surface area contributed by atoms with E-state index in [4.69, 9.17) is 4.74 Å². The molecule has 1 fully saturated rings. The van der Waals surface area contributed by atoms with Crippen molar-refractivity contribution in [3.63, 3.8) is 0 Å². The molecule has 0 radical (unpaired) electrons. The Kier molecular flexibility index (Phi) is 5.78. The summed E-state index contributed by atoms with van der Waals surface area (Å²) in [5.74, 6) is 1.70. The van der Waals surface area contributed by atoms with E-state index >= 15 is 0 Å². The van der Waals surface area contributed by atoms with Gasteiger partial charge in [0.1, 0.15) is 17.4 Å². The van der Waals surface area contributed by atoms with Crippen molar-refractivity contribution < 1.29 is 14.3 Å². The second-order valence-electron chi connectivity index (χ2n) is 8.06. The third-order valence-electron chi connectivity index (χ3n) is 5.58. The van der Waals surface area contributed by atoms with Gasteiger partial charge in [-0.1, -0.05) is 18.2 Å². The number of amides is 2. The number of hydrogen-bond donors (Lipinski definition) is 1. The monoisotopic (exact) mass is 453 g/mol. The van der Waals surface area contributed by atoms with E-state index in [-0.39, 0.29) is 18.2 Å². The highest BCUT2D eigenvalue weighted by Gasteiger charge is 2.35. The molecular weight excluding hydrogens is 430 g/mol. The summed E-state index contributed by atoms with van der Waals surface area (Å²) in [7, 11) is 0. The molecule has 2 aromatic carbocycles. The molecule has 1 saturated heterocycles. The van der Waals surface area contributed by atoms with Gasteiger partial charge in [0.25, 0.3) is 0 Å². The van der Waals surface area contributed by atoms with Gasteiger partial charge in [-0.2, -0.15) is 4.98 Å². The number of anilines is 2. The standard InChI is InChI=1S/C26H23N5O3/c1-18-27-23(30-13-5-6-14-30)16-24(28-18)34-22-11-9-20(10-12-22)29-26(33)19-15-25(32)31(17-19)21-7-3-2-4-8-21/h2-14,16,19H,15,17H2,1H3,(H,29,33). The zero-order chi connectivity index (χ0) is 23.5. The molecule has 2 aromatic heterocycles. The first-order chi connectivity index (χ1) is 16.5. The van der Waals surface area contributed by atoms with Crippen molar-refractivity contribution in [2.45, 2.75) is 13.3 Å². The first-order valence-corrected chi connectivity index (χ1v) is 11.0. The average Bonchev–Trinajstić information content (AvgIpc) is 3.51. The van der Waals surface area contributed by atoms with Crippen LogP contribution in [0, 0.1) is 12.8 Å². The van der Waals surface area contributed by atoms with Crippen LogP contribution in [0.5, 0.6) is 11.6 Å². The number of aromatic nitrogens is 3. The van der Waals surface area contributed by atoms with Crippen LogP contribution in [-0.2, 0) is 9.59 Å². The number of para-hydroxylation sites is 1. The van der Waals surface area contributed by atoms with Gasteiger partial charge in [-0.05, 0) is 55.5 Å². The molecule has 0 bridgehead atoms. The van der Waals surface area contributed by atoms with Gasteiger partial charge in [0, 0.05) is 42.8 Å². The van der Waals surface area contributed by atoms with Crippen LogP contribution < -0.4 is 15.0 Å². The van der Waals surface area contributed by atoms with Crippen molar-refractivity contribution in [2.24, 2.45) is 5.92 Å². The Labute approximate surface area is 196 Å². The van der Waals surface area contributed by atoms with Crippen molar-refractivity contribution in [2.75, 3.05) is 16.8 Å². The minimum Gasteiger partial charge on any atom is -0.439 e. The lowest BCUT2D eigenvalue weighted by atomic mass is 10.1. The largest absolute Gasteiger partial charge is 0.439 e. The third kappa shape index (κ3) is 4.66. The summed E-state index contributed by atoms with van der Waals surface area (Å²) in [4.78, 5) is 35.6. The highest BCUT2D eigenvalue weighted by atomic mass is 16.5. The van der Waals surface area contributed by atoms with Gasteiger partial charge in [-0.25, -0.2) is 4.98 Å². The topological polar surface area (TPSA) is 89.3 Å². The van der Waals surface area contributed by atoms with E-state index in [1.54, 1.807) is 35.2 Å². The SMILES string of the molecule is Cc1nc(Oc2ccc(NC(=O)C3CC(=O)N(c4ccccc4)C3)cc2)cc(-n2cccc2)n1. The summed E-state index contributed by atoms with van der Waals surface area (Å²) in [5.41, 5.74) is 1.44. The van der Waals surface area contributed by atoms with Gasteiger partial charge < -0.3 is 19.5 Å². The van der Waals surface area contributed by atoms with Gasteiger partial charge >= 0.3 is 0 Å². The fourth-order valence-corrected chi connectivity index (χ4v) is 3.91. The van der Waals surface area contributed by atoms with E-state index in [0.717, 1.165) is 5.69 Å². The Hall–Kier alpha value is -4.46. The van der Waals surface area contributed by atoms with E-state index in [2.05, 4.69) is 15.3 Å². The van der Waals surface area contributed by atoms with Gasteiger partial charge in [0.15, 0.2) is 0 Å². The fourth-order valence-electron chi connectivity index (χ4n) is 3.91. The zero-order valence-electron chi connectivity index (χ0n) is 18.6. The Morgan fingerprint density at radius 3 is 2.47 bits per heavy atom. The van der Waals surface area contributed by atoms with Gasteiger partial charge in [0.2, 0.25) is 17.7 Å². The summed E-state index contributed by atoms with van der Waals surface area (Å²) < 4.78 is 7.79. The van der Waals surface area contributed by atoms with E-state index < -0.39 is 5.92 Å². The maximum atomic E-state index is 12.8. The van der Waals surface area contributed by atoms with E-state index in [1.165, 1.54) is 0 Å². The van der Waals surface area contributed by atoms with Gasteiger partial charge in [-0.15, -0.1) is 0 Å². The number of hydrogen-bond acceptors (Lipinski definition) is 5. The number of aryl methyl sites for hydroxylation is 1. The lowest BCUT2D eigenvalue weighted by Crippen LogP contribution is -2.28. The van der Waals surface area contributed by atoms with Gasteiger partial charge in [0.05, 0.1) is 5.92 Å². The molecule has 0 spiro atoms. The third-order valence-corrected chi connectivity index (χ3v) is 5.58. The lowest BCUT2D eigenvalue weighted by Gasteiger charge is -2.16. The van der Waals surface area contributed by atoms with Crippen molar-refractivity contribution in [3.8, 4) is 17.4 Å². The molecule has 3 heterocycles. The number of rotatable bonds is 6. The highest BCUT2D eigenvalue weighted by molar-refractivity contribution is 6.03. The van der Waals surface area contributed by atoms with Crippen molar-refractivity contribution in [3.05, 3.63) is 91.0 Å². The average molecular weight is 454 g/mol. The Bertz CT molecular complexity index is 1300. The van der Waals surface area contributed by atoms with Crippen LogP contribution in [0.1, 0.15) is 12.2 Å². The predicted molar refractivity (Wildman–Crippen MR) is 128 cm³/mol. The number of ether oxygens (including phenoxy) is 1. The molecule has 34 heavy (non-hydrogen) atoms. The zero-order valence-corrected chi connectivity index (χ0v) is 18.6. The summed E-state index contributed by atoms with van der Waals surface area (Å²) in [6.07, 6.45) is 4.00. The Morgan fingerprint density at radius 1 is 1.00 bits per heavy atom. The molecule has 5 rings (SSSR count). The van der Waals surface area contributed by atoms with Crippen molar-refractivity contribution in [1.29, 1.82) is 0 Å². The minimum atomic E-state index is -0.403. The molecule has 170 valence electrons. The molecule has 0 aliphatic carbocycles. The summed E-state index contributed by atoms with van der Waals surface area (Å²) in [6, 6.07) is 22.1. The minimum absolute atomic E-state index is 0.0467. The number of nitrogens with one attached hydrogen (secondary N) is 1. The van der Waals surface area contributed by atoms with Crippen molar-refractivity contribution >= 4 is 23.2 Å². The van der Waals surface area contributed by atoms with Gasteiger partial charge in [-0.3, -0.25) is 9.59 Å². The molecular formula is C26H23N5O3. The first-order valence-electron chi connectivity index (χ1n) is 11.0. The second kappa shape index (κ2) is 9.19. The van der Waals surface area contributed by atoms with Crippen LogP contribution in [0.4, 0.5) is 11.4 Å². The molecule has 1 unspecified atom stereocenters. The molecule has 8 nitrogen and oxygen atoms in total. The van der Waals surface area contributed by atoms with Crippen LogP contribution in [0.2, 0.25) is 0 Å². The number of benzene rings is 2. The first kappa shape index (κ1) is 21.4. The molecule has 1 aliphatic rings. The molecule has 1 N–H and O–H groups in total. The maximum Gasteiger partial charge on any atom is 0.229 e. The van der Waals surface area contributed by atoms with Crippen LogP contribution >= 0.6 is 0 Å². The molecule has 1 atom stereocenters. The summed E-state index contributed by atoms with van der Waals surface area (Å²) in [6.45, 7) is 2.18. The molecule has 8 heteroatoms. The molecule has 4 aromatic rings. The van der Waals surface area contributed by atoms with E-state index in [9.17, 15) is 9.59 Å². The van der Waals surface area contributed by atoms with Crippen LogP contribution in [0.3, 0.4) is 0 Å². The summed E-state index contributed by atoms with van der Waals surface area (Å²) in [5, 5.41) is 2.90. The molecule has 2 amide bonds. The number of carbonyl (C=O) groups excluding carboxylic acids is 2. The van der Waals surface area contributed by atoms with E-state index in [0.29, 0.717) is 35.5 Å². The molecule has 1 aliphatic heterocycles. The summed E-state index contributed by atoms with van der Waals surface area (Å²) >= 11 is 0. The maximum absolute atomic E-state index is 12.8. The smallest absolute Gasteiger partial charge is 0.229 e.